The smallest absolute Gasteiger partial charge is 0.399 e. The number of likely N-dealkylation sites (tertiary alicyclic amines) is 1. The van der Waals surface area contributed by atoms with Gasteiger partial charge in [0.25, 0.3) is 11.8 Å². The first kappa shape index (κ1) is 19.3. The lowest BCUT2D eigenvalue weighted by molar-refractivity contribution is -0.0560. The van der Waals surface area contributed by atoms with Gasteiger partial charge in [-0.15, -0.1) is 0 Å². The van der Waals surface area contributed by atoms with Crippen molar-refractivity contribution in [1.82, 2.24) is 4.90 Å². The summed E-state index contributed by atoms with van der Waals surface area (Å²) in [5, 5.41) is 0. The molecule has 0 saturated carbocycles. The number of benzene rings is 1. The first-order valence-corrected chi connectivity index (χ1v) is 9.05. The molecule has 1 aromatic carbocycles. The number of carbonyl (C=O) groups excluding carboxylic acids is 1. The quantitative estimate of drug-likeness (QED) is 0.756. The van der Waals surface area contributed by atoms with E-state index in [4.69, 9.17) is 9.31 Å². The first-order chi connectivity index (χ1) is 11.9. The average molecular weight is 365 g/mol. The summed E-state index contributed by atoms with van der Waals surface area (Å²) < 4.78 is 39.5. The average Bonchev–Trinajstić information content (AvgIpc) is 2.74. The van der Waals surface area contributed by atoms with Gasteiger partial charge < -0.3 is 14.2 Å². The van der Waals surface area contributed by atoms with E-state index in [1.165, 1.54) is 4.90 Å². The third kappa shape index (κ3) is 3.51. The highest BCUT2D eigenvalue weighted by Crippen LogP contribution is 2.36. The fraction of sp³-hybridized carbons (Fsp3) is 0.632. The van der Waals surface area contributed by atoms with Crippen molar-refractivity contribution >= 4 is 18.5 Å². The van der Waals surface area contributed by atoms with Crippen molar-refractivity contribution in [3.63, 3.8) is 0 Å². The molecule has 2 heterocycles. The lowest BCUT2D eigenvalue weighted by Crippen LogP contribution is -2.46. The minimum atomic E-state index is -2.81. The van der Waals surface area contributed by atoms with E-state index >= 15 is 0 Å². The molecule has 1 aromatic rings. The number of hydrogen-bond acceptors (Lipinski definition) is 3. The highest BCUT2D eigenvalue weighted by Gasteiger charge is 2.52. The van der Waals surface area contributed by atoms with Crippen LogP contribution in [-0.4, -0.2) is 48.1 Å². The summed E-state index contributed by atoms with van der Waals surface area (Å²) in [7, 11) is -0.587. The largest absolute Gasteiger partial charge is 0.495 e. The van der Waals surface area contributed by atoms with Crippen LogP contribution in [0.3, 0.4) is 0 Å². The standard InChI is InChI=1S/C19H26BF2NO3/c1-13-7-8-14(16(24)23-10-6-9-19(21,22)12-23)11-15(13)20-25-17(2,3)18(4,5)26-20/h7-8,11H,6,9-10,12H2,1-5H3. The molecule has 2 aliphatic rings. The molecular weight excluding hydrogens is 339 g/mol. The van der Waals surface area contributed by atoms with E-state index in [-0.39, 0.29) is 12.3 Å². The van der Waals surface area contributed by atoms with E-state index in [9.17, 15) is 13.6 Å². The molecule has 0 atom stereocenters. The Balaban J connectivity index is 1.86. The molecule has 1 amide bonds. The van der Waals surface area contributed by atoms with Crippen molar-refractivity contribution in [1.29, 1.82) is 0 Å². The molecule has 2 fully saturated rings. The monoisotopic (exact) mass is 365 g/mol. The molecule has 26 heavy (non-hydrogen) atoms. The summed E-state index contributed by atoms with van der Waals surface area (Å²) in [4.78, 5) is 14.0. The molecule has 2 aliphatic heterocycles. The second-order valence-corrected chi connectivity index (χ2v) is 8.35. The van der Waals surface area contributed by atoms with E-state index in [1.807, 2.05) is 40.7 Å². The Morgan fingerprint density at radius 2 is 1.77 bits per heavy atom. The van der Waals surface area contributed by atoms with Crippen LogP contribution >= 0.6 is 0 Å². The summed E-state index contributed by atoms with van der Waals surface area (Å²) in [6.45, 7) is 9.62. The van der Waals surface area contributed by atoms with Gasteiger partial charge in [-0.1, -0.05) is 11.6 Å². The molecular formula is C19H26BF2NO3. The second kappa shape index (κ2) is 6.31. The molecule has 0 aliphatic carbocycles. The van der Waals surface area contributed by atoms with E-state index in [1.54, 1.807) is 12.1 Å². The lowest BCUT2D eigenvalue weighted by Gasteiger charge is -2.32. The Morgan fingerprint density at radius 3 is 2.35 bits per heavy atom. The van der Waals surface area contributed by atoms with Crippen molar-refractivity contribution in [3.05, 3.63) is 29.3 Å². The van der Waals surface area contributed by atoms with Crippen molar-refractivity contribution in [2.75, 3.05) is 13.1 Å². The molecule has 0 aromatic heterocycles. The van der Waals surface area contributed by atoms with Gasteiger partial charge in [0.1, 0.15) is 0 Å². The number of halogens is 2. The zero-order valence-corrected chi connectivity index (χ0v) is 16.1. The Kier molecular flexibility index (Phi) is 4.68. The third-order valence-corrected chi connectivity index (χ3v) is 5.71. The zero-order valence-electron chi connectivity index (χ0n) is 16.1. The molecule has 0 spiro atoms. The predicted molar refractivity (Wildman–Crippen MR) is 97.0 cm³/mol. The van der Waals surface area contributed by atoms with Crippen LogP contribution in [0.25, 0.3) is 0 Å². The fourth-order valence-corrected chi connectivity index (χ4v) is 3.32. The van der Waals surface area contributed by atoms with E-state index in [2.05, 4.69) is 0 Å². The number of alkyl halides is 2. The summed E-state index contributed by atoms with van der Waals surface area (Å²) in [6, 6.07) is 5.21. The second-order valence-electron chi connectivity index (χ2n) is 8.35. The molecule has 3 rings (SSSR count). The topological polar surface area (TPSA) is 38.8 Å². The maximum atomic E-state index is 13.7. The van der Waals surface area contributed by atoms with E-state index in [0.717, 1.165) is 11.0 Å². The van der Waals surface area contributed by atoms with Crippen molar-refractivity contribution in [2.24, 2.45) is 0 Å². The van der Waals surface area contributed by atoms with Crippen LogP contribution in [0.1, 0.15) is 56.5 Å². The van der Waals surface area contributed by atoms with Crippen LogP contribution in [0.4, 0.5) is 8.78 Å². The maximum absolute atomic E-state index is 13.7. The van der Waals surface area contributed by atoms with Crippen LogP contribution in [0.5, 0.6) is 0 Å². The van der Waals surface area contributed by atoms with Crippen LogP contribution in [0, 0.1) is 6.92 Å². The highest BCUT2D eigenvalue weighted by molar-refractivity contribution is 6.62. The summed E-state index contributed by atoms with van der Waals surface area (Å²) in [5.74, 6) is -3.19. The van der Waals surface area contributed by atoms with Gasteiger partial charge >= 0.3 is 7.12 Å². The molecule has 142 valence electrons. The first-order valence-electron chi connectivity index (χ1n) is 9.05. The highest BCUT2D eigenvalue weighted by atomic mass is 19.3. The SMILES string of the molecule is Cc1ccc(C(=O)N2CCCC(F)(F)C2)cc1B1OC(C)(C)C(C)(C)O1. The molecule has 7 heteroatoms. The number of piperidine rings is 1. The van der Waals surface area contributed by atoms with E-state index < -0.39 is 30.8 Å². The van der Waals surface area contributed by atoms with Crippen molar-refractivity contribution < 1.29 is 22.9 Å². The number of carbonyl (C=O) groups is 1. The molecule has 4 nitrogen and oxygen atoms in total. The zero-order chi connectivity index (χ0) is 19.3. The summed E-state index contributed by atoms with van der Waals surface area (Å²) in [6.07, 6.45) is 0.151. The number of nitrogens with zero attached hydrogens (tertiary/aromatic N) is 1. The number of rotatable bonds is 2. The lowest BCUT2D eigenvalue weighted by atomic mass is 9.75. The van der Waals surface area contributed by atoms with Crippen LogP contribution in [0.15, 0.2) is 18.2 Å². The third-order valence-electron chi connectivity index (χ3n) is 5.71. The number of aryl methyl sites for hydroxylation is 1. The van der Waals surface area contributed by atoms with Crippen molar-refractivity contribution in [2.45, 2.75) is 64.6 Å². The predicted octanol–water partition coefficient (Wildman–Crippen LogP) is 3.17. The Bertz CT molecular complexity index is 705. The van der Waals surface area contributed by atoms with Gasteiger partial charge in [0.2, 0.25) is 0 Å². The van der Waals surface area contributed by atoms with Crippen LogP contribution in [0.2, 0.25) is 0 Å². The van der Waals surface area contributed by atoms with Gasteiger partial charge in [-0.2, -0.15) is 0 Å². The minimum absolute atomic E-state index is 0.163. The molecule has 0 bridgehead atoms. The number of hydrogen-bond donors (Lipinski definition) is 0. The Hall–Kier alpha value is -1.47. The van der Waals surface area contributed by atoms with Gasteiger partial charge in [-0.3, -0.25) is 4.79 Å². The Labute approximate surface area is 154 Å². The Morgan fingerprint density at radius 1 is 1.15 bits per heavy atom. The van der Waals surface area contributed by atoms with Crippen molar-refractivity contribution in [3.8, 4) is 0 Å². The molecule has 0 N–H and O–H groups in total. The van der Waals surface area contributed by atoms with Crippen LogP contribution in [-0.2, 0) is 9.31 Å². The number of amides is 1. The van der Waals surface area contributed by atoms with Gasteiger partial charge in [0, 0.05) is 18.5 Å². The van der Waals surface area contributed by atoms with E-state index in [0.29, 0.717) is 18.5 Å². The van der Waals surface area contributed by atoms with Gasteiger partial charge in [-0.25, -0.2) is 8.78 Å². The molecule has 0 radical (unpaired) electrons. The maximum Gasteiger partial charge on any atom is 0.495 e. The minimum Gasteiger partial charge on any atom is -0.399 e. The van der Waals surface area contributed by atoms with Gasteiger partial charge in [0.05, 0.1) is 17.7 Å². The fourth-order valence-electron chi connectivity index (χ4n) is 3.32. The molecule has 0 unspecified atom stereocenters. The summed E-state index contributed by atoms with van der Waals surface area (Å²) in [5.41, 5.74) is 1.11. The van der Waals surface area contributed by atoms with Crippen LogP contribution < -0.4 is 5.46 Å². The normalized spacial score (nSPS) is 24.0. The summed E-state index contributed by atoms with van der Waals surface area (Å²) >= 11 is 0. The van der Waals surface area contributed by atoms with Gasteiger partial charge in [0.15, 0.2) is 0 Å². The van der Waals surface area contributed by atoms with Gasteiger partial charge in [-0.05, 0) is 58.6 Å². The molecule has 2 saturated heterocycles.